The smallest absolute Gasteiger partial charge is 0.323 e. The summed E-state index contributed by atoms with van der Waals surface area (Å²) in [7, 11) is -1.87. The van der Waals surface area contributed by atoms with E-state index in [1.807, 2.05) is 29.9 Å². The summed E-state index contributed by atoms with van der Waals surface area (Å²) in [6.07, 6.45) is 3.58. The van der Waals surface area contributed by atoms with Crippen LogP contribution in [0.2, 0.25) is 0 Å². The number of fused-ring (bicyclic) bond motifs is 1. The van der Waals surface area contributed by atoms with Gasteiger partial charge in [0.2, 0.25) is 0 Å². The molecule has 138 valence electrons. The fourth-order valence-corrected chi connectivity index (χ4v) is 4.43. The third-order valence-corrected chi connectivity index (χ3v) is 6.35. The van der Waals surface area contributed by atoms with Gasteiger partial charge in [0.25, 0.3) is 10.0 Å². The fraction of sp³-hybridized carbons (Fsp3) is 0.0588. The molecule has 4 aromatic rings. The van der Waals surface area contributed by atoms with Crippen LogP contribution in [0.1, 0.15) is 0 Å². The molecular weight excluding hydrogens is 386 g/mol. The van der Waals surface area contributed by atoms with Gasteiger partial charge in [-0.2, -0.15) is 0 Å². The van der Waals surface area contributed by atoms with Gasteiger partial charge in [0.15, 0.2) is 5.16 Å². The van der Waals surface area contributed by atoms with Gasteiger partial charge < -0.3 is 14.5 Å². The maximum Gasteiger partial charge on any atom is 0.323 e. The van der Waals surface area contributed by atoms with Crippen LogP contribution >= 0.6 is 11.8 Å². The van der Waals surface area contributed by atoms with Gasteiger partial charge in [-0.3, -0.25) is 4.72 Å². The minimum absolute atomic E-state index is 0.0664. The van der Waals surface area contributed by atoms with Gasteiger partial charge in [-0.25, -0.2) is 18.2 Å². The number of aromatic amines is 2. The van der Waals surface area contributed by atoms with Crippen molar-refractivity contribution in [2.75, 3.05) is 4.72 Å². The minimum Gasteiger partial charge on any atom is -0.329 e. The van der Waals surface area contributed by atoms with Crippen LogP contribution < -0.4 is 10.4 Å². The first kappa shape index (κ1) is 17.4. The lowest BCUT2D eigenvalue weighted by atomic mass is 10.3. The molecule has 0 aliphatic heterocycles. The molecule has 2 heterocycles. The van der Waals surface area contributed by atoms with E-state index in [4.69, 9.17) is 0 Å². The van der Waals surface area contributed by atoms with E-state index in [2.05, 4.69) is 19.7 Å². The van der Waals surface area contributed by atoms with E-state index >= 15 is 0 Å². The first-order valence-corrected chi connectivity index (χ1v) is 10.2. The van der Waals surface area contributed by atoms with Crippen LogP contribution in [-0.4, -0.2) is 27.9 Å². The highest BCUT2D eigenvalue weighted by Crippen LogP contribution is 2.27. The van der Waals surface area contributed by atoms with Gasteiger partial charge in [0.05, 0.1) is 15.9 Å². The minimum atomic E-state index is -3.77. The van der Waals surface area contributed by atoms with E-state index in [0.29, 0.717) is 16.7 Å². The Morgan fingerprint density at radius 3 is 2.52 bits per heavy atom. The third kappa shape index (κ3) is 3.62. The Kier molecular flexibility index (Phi) is 4.28. The predicted molar refractivity (Wildman–Crippen MR) is 104 cm³/mol. The zero-order chi connectivity index (χ0) is 19.0. The second-order valence-corrected chi connectivity index (χ2v) is 8.56. The van der Waals surface area contributed by atoms with E-state index in [0.717, 1.165) is 10.1 Å². The lowest BCUT2D eigenvalue weighted by Crippen LogP contribution is -2.12. The van der Waals surface area contributed by atoms with E-state index in [9.17, 15) is 13.2 Å². The molecule has 27 heavy (non-hydrogen) atoms. The van der Waals surface area contributed by atoms with Crippen LogP contribution in [0, 0.1) is 0 Å². The Morgan fingerprint density at radius 1 is 1.07 bits per heavy atom. The highest BCUT2D eigenvalue weighted by Gasteiger charge is 2.15. The molecule has 4 rings (SSSR count). The normalized spacial score (nSPS) is 11.7. The van der Waals surface area contributed by atoms with Gasteiger partial charge in [-0.05, 0) is 42.5 Å². The molecule has 0 unspecified atom stereocenters. The van der Waals surface area contributed by atoms with Gasteiger partial charge >= 0.3 is 5.69 Å². The number of hydrogen-bond donors (Lipinski definition) is 3. The number of sulfonamides is 1. The molecule has 10 heteroatoms. The Morgan fingerprint density at radius 2 is 1.81 bits per heavy atom. The molecule has 0 aliphatic rings. The molecule has 0 radical (unpaired) electrons. The second-order valence-electron chi connectivity index (χ2n) is 5.84. The molecule has 0 saturated heterocycles. The number of rotatable bonds is 5. The van der Waals surface area contributed by atoms with Crippen LogP contribution in [0.3, 0.4) is 0 Å². The standard InChI is InChI=1S/C17H15N5O3S2/c1-22-9-8-18-17(22)26-12-4-2-11(3-5-12)21-27(24,25)13-6-7-14-15(10-13)20-16(23)19-14/h2-10,21H,1H3,(H2,19,20,23). The van der Waals surface area contributed by atoms with Crippen molar-refractivity contribution in [3.63, 3.8) is 0 Å². The molecule has 0 fully saturated rings. The van der Waals surface area contributed by atoms with Gasteiger partial charge in [-0.1, -0.05) is 11.8 Å². The van der Waals surface area contributed by atoms with Crippen molar-refractivity contribution in [1.82, 2.24) is 19.5 Å². The summed E-state index contributed by atoms with van der Waals surface area (Å²) in [6, 6.07) is 11.4. The quantitative estimate of drug-likeness (QED) is 0.476. The third-order valence-electron chi connectivity index (χ3n) is 3.89. The number of nitrogens with one attached hydrogen (secondary N) is 3. The largest absolute Gasteiger partial charge is 0.329 e. The average molecular weight is 401 g/mol. The molecule has 0 aliphatic carbocycles. The maximum absolute atomic E-state index is 12.6. The Labute approximate surface area is 158 Å². The number of H-pyrrole nitrogens is 2. The Balaban J connectivity index is 1.54. The number of aromatic nitrogens is 4. The molecule has 2 aromatic heterocycles. The Bertz CT molecular complexity index is 1270. The second kappa shape index (κ2) is 6.63. The van der Waals surface area contributed by atoms with Crippen molar-refractivity contribution in [3.8, 4) is 0 Å². The van der Waals surface area contributed by atoms with Crippen molar-refractivity contribution in [3.05, 3.63) is 65.3 Å². The summed E-state index contributed by atoms with van der Waals surface area (Å²) in [5.41, 5.74) is 1.05. The Hall–Kier alpha value is -2.98. The van der Waals surface area contributed by atoms with Gasteiger partial charge in [-0.15, -0.1) is 0 Å². The lowest BCUT2D eigenvalue weighted by Gasteiger charge is -2.09. The summed E-state index contributed by atoms with van der Waals surface area (Å²) in [5, 5.41) is 0.845. The fourth-order valence-electron chi connectivity index (χ4n) is 2.54. The van der Waals surface area contributed by atoms with E-state index in [-0.39, 0.29) is 10.6 Å². The molecule has 0 atom stereocenters. The van der Waals surface area contributed by atoms with E-state index in [1.165, 1.54) is 23.9 Å². The zero-order valence-electron chi connectivity index (χ0n) is 14.1. The number of imidazole rings is 2. The highest BCUT2D eigenvalue weighted by atomic mass is 32.2. The number of hydrogen-bond acceptors (Lipinski definition) is 5. The number of anilines is 1. The van der Waals surface area contributed by atoms with Gasteiger partial charge in [0.1, 0.15) is 0 Å². The lowest BCUT2D eigenvalue weighted by molar-refractivity contribution is 0.601. The maximum atomic E-state index is 12.6. The van der Waals surface area contributed by atoms with Crippen LogP contribution in [0.15, 0.2) is 74.6 Å². The van der Waals surface area contributed by atoms with Gasteiger partial charge in [0, 0.05) is 30.0 Å². The monoisotopic (exact) mass is 401 g/mol. The number of nitrogens with zero attached hydrogens (tertiary/aromatic N) is 2. The van der Waals surface area contributed by atoms with Crippen molar-refractivity contribution in [2.45, 2.75) is 14.9 Å². The molecule has 8 nitrogen and oxygen atoms in total. The SMILES string of the molecule is Cn1ccnc1Sc1ccc(NS(=O)(=O)c2ccc3[nH]c(=O)[nH]c3c2)cc1. The van der Waals surface area contributed by atoms with Crippen molar-refractivity contribution < 1.29 is 8.42 Å². The van der Waals surface area contributed by atoms with Crippen LogP contribution in [0.25, 0.3) is 11.0 Å². The molecule has 0 spiro atoms. The molecule has 0 saturated carbocycles. The predicted octanol–water partition coefficient (Wildman–Crippen LogP) is 2.54. The van der Waals surface area contributed by atoms with Crippen molar-refractivity contribution >= 4 is 38.5 Å². The van der Waals surface area contributed by atoms with Crippen molar-refractivity contribution in [2.24, 2.45) is 7.05 Å². The summed E-state index contributed by atoms with van der Waals surface area (Å²) < 4.78 is 29.7. The van der Waals surface area contributed by atoms with E-state index < -0.39 is 10.0 Å². The molecule has 0 bridgehead atoms. The van der Waals surface area contributed by atoms with Crippen LogP contribution in [0.4, 0.5) is 5.69 Å². The molecule has 2 aromatic carbocycles. The zero-order valence-corrected chi connectivity index (χ0v) is 15.8. The number of benzene rings is 2. The summed E-state index contributed by atoms with van der Waals surface area (Å²) in [5.74, 6) is 0. The topological polar surface area (TPSA) is 113 Å². The highest BCUT2D eigenvalue weighted by molar-refractivity contribution is 7.99. The average Bonchev–Trinajstić information content (AvgIpc) is 3.20. The molecular formula is C17H15N5O3S2. The van der Waals surface area contributed by atoms with E-state index in [1.54, 1.807) is 24.4 Å². The summed E-state index contributed by atoms with van der Waals surface area (Å²) in [4.78, 5) is 21.7. The molecule has 3 N–H and O–H groups in total. The van der Waals surface area contributed by atoms with Crippen molar-refractivity contribution in [1.29, 1.82) is 0 Å². The molecule has 0 amide bonds. The van der Waals surface area contributed by atoms with Crippen LogP contribution in [0.5, 0.6) is 0 Å². The summed E-state index contributed by atoms with van der Waals surface area (Å²) in [6.45, 7) is 0. The first-order chi connectivity index (χ1) is 12.9. The number of aryl methyl sites for hydroxylation is 1. The first-order valence-electron chi connectivity index (χ1n) is 7.91. The summed E-state index contributed by atoms with van der Waals surface area (Å²) >= 11 is 1.49. The van der Waals surface area contributed by atoms with Crippen LogP contribution in [-0.2, 0) is 17.1 Å².